The van der Waals surface area contributed by atoms with Gasteiger partial charge in [-0.1, -0.05) is 0 Å². The average molecular weight is 304 g/mol. The number of carbonyl (C=O) groups is 1. The fraction of sp³-hybridized carbons (Fsp3) is 0.438. The van der Waals surface area contributed by atoms with E-state index in [1.54, 1.807) is 11.3 Å². The minimum Gasteiger partial charge on any atom is -0.396 e. The molecule has 1 aliphatic rings. The summed E-state index contributed by atoms with van der Waals surface area (Å²) >= 11 is 1.73. The molecule has 3 rings (SSSR count). The number of nitrogens with zero attached hydrogens (tertiary/aromatic N) is 1. The van der Waals surface area contributed by atoms with Gasteiger partial charge in [-0.05, 0) is 50.3 Å². The van der Waals surface area contributed by atoms with E-state index in [0.717, 1.165) is 29.8 Å². The van der Waals surface area contributed by atoms with Gasteiger partial charge in [-0.3, -0.25) is 4.79 Å². The third-order valence-corrected chi connectivity index (χ3v) is 5.21. The summed E-state index contributed by atoms with van der Waals surface area (Å²) in [6.45, 7) is 2.02. The maximum absolute atomic E-state index is 12.7. The third-order valence-electron chi connectivity index (χ3n) is 3.91. The van der Waals surface area contributed by atoms with Crippen LogP contribution in [0.2, 0.25) is 0 Å². The van der Waals surface area contributed by atoms with Crippen LogP contribution in [0.4, 0.5) is 0 Å². The molecule has 0 spiro atoms. The zero-order valence-electron chi connectivity index (χ0n) is 12.1. The van der Waals surface area contributed by atoms with Gasteiger partial charge in [0.25, 0.3) is 5.91 Å². The molecular weight excluding hydrogens is 284 g/mol. The van der Waals surface area contributed by atoms with Gasteiger partial charge in [0.05, 0.1) is 5.56 Å². The van der Waals surface area contributed by atoms with Crippen LogP contribution >= 0.6 is 11.3 Å². The zero-order chi connectivity index (χ0) is 14.8. The average Bonchev–Trinajstić information content (AvgIpc) is 3.14. The normalized spacial score (nSPS) is 15.0. The van der Waals surface area contributed by atoms with Crippen molar-refractivity contribution in [3.05, 3.63) is 40.5 Å². The van der Waals surface area contributed by atoms with Crippen LogP contribution in [0, 0.1) is 0 Å². The fourth-order valence-corrected chi connectivity index (χ4v) is 4.19. The molecule has 1 aliphatic carbocycles. The lowest BCUT2D eigenvalue weighted by Crippen LogP contribution is -2.34. The van der Waals surface area contributed by atoms with Crippen LogP contribution < -0.4 is 5.32 Å². The molecule has 0 fully saturated rings. The van der Waals surface area contributed by atoms with Crippen molar-refractivity contribution in [2.45, 2.75) is 38.6 Å². The standard InChI is InChI=1S/C16H20N2O2S/c1-11(7-10-19)17-15(20)14-12-5-4-6-13(12)21-16(14)18-8-2-3-9-18/h2-3,8-9,11,19H,4-7,10H2,1H3,(H,17,20)/t11-/m1/s1. The SMILES string of the molecule is C[C@H](CCO)NC(=O)c1c(-n2cccc2)sc2c1CCC2. The monoisotopic (exact) mass is 304 g/mol. The number of aliphatic hydroxyl groups excluding tert-OH is 1. The van der Waals surface area contributed by atoms with Crippen LogP contribution in [0.25, 0.3) is 5.00 Å². The van der Waals surface area contributed by atoms with Gasteiger partial charge in [0.1, 0.15) is 5.00 Å². The van der Waals surface area contributed by atoms with Crippen molar-refractivity contribution in [3.8, 4) is 5.00 Å². The van der Waals surface area contributed by atoms with Crippen LogP contribution in [0.5, 0.6) is 0 Å². The van der Waals surface area contributed by atoms with Gasteiger partial charge < -0.3 is 15.0 Å². The van der Waals surface area contributed by atoms with Crippen LogP contribution in [0.15, 0.2) is 24.5 Å². The molecular formula is C16H20N2O2S. The molecule has 2 aromatic rings. The molecule has 0 aliphatic heterocycles. The molecule has 0 saturated heterocycles. The Labute approximate surface area is 128 Å². The molecule has 2 N–H and O–H groups in total. The summed E-state index contributed by atoms with van der Waals surface area (Å²) in [5.41, 5.74) is 2.05. The second-order valence-corrected chi connectivity index (χ2v) is 6.60. The number of carbonyl (C=O) groups excluding carboxylic acids is 1. The van der Waals surface area contributed by atoms with E-state index >= 15 is 0 Å². The molecule has 2 aromatic heterocycles. The van der Waals surface area contributed by atoms with Gasteiger partial charge in [-0.15, -0.1) is 11.3 Å². The number of rotatable bonds is 5. The first kappa shape index (κ1) is 14.4. The Balaban J connectivity index is 1.95. The van der Waals surface area contributed by atoms with Crippen molar-refractivity contribution >= 4 is 17.2 Å². The number of aliphatic hydroxyl groups is 1. The Hall–Kier alpha value is -1.59. The summed E-state index contributed by atoms with van der Waals surface area (Å²) in [6, 6.07) is 3.93. The lowest BCUT2D eigenvalue weighted by atomic mass is 10.1. The fourth-order valence-electron chi connectivity index (χ4n) is 2.84. The van der Waals surface area contributed by atoms with E-state index in [1.807, 2.05) is 36.0 Å². The van der Waals surface area contributed by atoms with Gasteiger partial charge in [-0.25, -0.2) is 0 Å². The Morgan fingerprint density at radius 1 is 1.43 bits per heavy atom. The first-order chi connectivity index (χ1) is 10.2. The Bertz CT molecular complexity index is 631. The Morgan fingerprint density at radius 2 is 2.19 bits per heavy atom. The highest BCUT2D eigenvalue weighted by Gasteiger charge is 2.27. The van der Waals surface area contributed by atoms with Gasteiger partial charge >= 0.3 is 0 Å². The minimum absolute atomic E-state index is 0.0148. The quantitative estimate of drug-likeness (QED) is 0.892. The van der Waals surface area contributed by atoms with E-state index in [1.165, 1.54) is 10.4 Å². The van der Waals surface area contributed by atoms with E-state index in [2.05, 4.69) is 5.32 Å². The highest BCUT2D eigenvalue weighted by molar-refractivity contribution is 7.15. The maximum atomic E-state index is 12.7. The van der Waals surface area contributed by atoms with E-state index in [9.17, 15) is 4.79 Å². The number of hydrogen-bond donors (Lipinski definition) is 2. The molecule has 0 bridgehead atoms. The van der Waals surface area contributed by atoms with Crippen molar-refractivity contribution in [1.29, 1.82) is 0 Å². The van der Waals surface area contributed by atoms with E-state index in [-0.39, 0.29) is 18.6 Å². The molecule has 0 aromatic carbocycles. The number of aromatic nitrogens is 1. The number of nitrogens with one attached hydrogen (secondary N) is 1. The summed E-state index contributed by atoms with van der Waals surface area (Å²) < 4.78 is 2.02. The van der Waals surface area contributed by atoms with Crippen molar-refractivity contribution in [1.82, 2.24) is 9.88 Å². The lowest BCUT2D eigenvalue weighted by molar-refractivity contribution is 0.0934. The molecule has 1 atom stereocenters. The summed E-state index contributed by atoms with van der Waals surface area (Å²) in [6.07, 6.45) is 7.75. The second kappa shape index (κ2) is 6.03. The van der Waals surface area contributed by atoms with Crippen LogP contribution in [0.3, 0.4) is 0 Å². The molecule has 21 heavy (non-hydrogen) atoms. The molecule has 0 unspecified atom stereocenters. The largest absolute Gasteiger partial charge is 0.396 e. The summed E-state index contributed by atoms with van der Waals surface area (Å²) in [4.78, 5) is 14.0. The van der Waals surface area contributed by atoms with E-state index in [4.69, 9.17) is 5.11 Å². The molecule has 4 nitrogen and oxygen atoms in total. The summed E-state index contributed by atoms with van der Waals surface area (Å²) in [5, 5.41) is 13.0. The highest BCUT2D eigenvalue weighted by atomic mass is 32.1. The second-order valence-electron chi connectivity index (χ2n) is 5.51. The topological polar surface area (TPSA) is 54.3 Å². The van der Waals surface area contributed by atoms with Gasteiger partial charge in [0, 0.05) is 29.9 Å². The number of thiophene rings is 1. The first-order valence-corrected chi connectivity index (χ1v) is 8.22. The predicted molar refractivity (Wildman–Crippen MR) is 84.3 cm³/mol. The van der Waals surface area contributed by atoms with Gasteiger partial charge in [0.15, 0.2) is 0 Å². The highest BCUT2D eigenvalue weighted by Crippen LogP contribution is 2.37. The molecule has 112 valence electrons. The van der Waals surface area contributed by atoms with E-state index in [0.29, 0.717) is 6.42 Å². The molecule has 2 heterocycles. The Kier molecular flexibility index (Phi) is 4.12. The number of hydrogen-bond acceptors (Lipinski definition) is 3. The third kappa shape index (κ3) is 2.76. The summed E-state index contributed by atoms with van der Waals surface area (Å²) in [7, 11) is 0. The smallest absolute Gasteiger partial charge is 0.254 e. The zero-order valence-corrected chi connectivity index (χ0v) is 12.9. The number of aryl methyl sites for hydroxylation is 1. The van der Waals surface area contributed by atoms with Crippen molar-refractivity contribution in [2.75, 3.05) is 6.61 Å². The maximum Gasteiger partial charge on any atom is 0.254 e. The molecule has 0 radical (unpaired) electrons. The molecule has 0 saturated carbocycles. The van der Waals surface area contributed by atoms with Gasteiger partial charge in [-0.2, -0.15) is 0 Å². The summed E-state index contributed by atoms with van der Waals surface area (Å²) in [5.74, 6) is -0.0148. The van der Waals surface area contributed by atoms with E-state index < -0.39 is 0 Å². The van der Waals surface area contributed by atoms with Crippen LogP contribution in [0.1, 0.15) is 40.6 Å². The number of amides is 1. The van der Waals surface area contributed by atoms with Gasteiger partial charge in [0.2, 0.25) is 0 Å². The minimum atomic E-state index is -0.0167. The van der Waals surface area contributed by atoms with Crippen LogP contribution in [-0.2, 0) is 12.8 Å². The van der Waals surface area contributed by atoms with Crippen molar-refractivity contribution in [3.63, 3.8) is 0 Å². The number of fused-ring (bicyclic) bond motifs is 1. The molecule has 1 amide bonds. The lowest BCUT2D eigenvalue weighted by Gasteiger charge is -2.14. The first-order valence-electron chi connectivity index (χ1n) is 7.40. The van der Waals surface area contributed by atoms with Crippen molar-refractivity contribution < 1.29 is 9.90 Å². The molecule has 5 heteroatoms. The Morgan fingerprint density at radius 3 is 2.90 bits per heavy atom. The van der Waals surface area contributed by atoms with Crippen LogP contribution in [-0.4, -0.2) is 28.2 Å². The predicted octanol–water partition coefficient (Wildman–Crippen LogP) is 2.53. The van der Waals surface area contributed by atoms with Crippen molar-refractivity contribution in [2.24, 2.45) is 0 Å².